The average molecular weight is 408 g/mol. The van der Waals surface area contributed by atoms with Crippen LogP contribution in [0.3, 0.4) is 0 Å². The molecule has 1 aliphatic heterocycles. The summed E-state index contributed by atoms with van der Waals surface area (Å²) in [6.45, 7) is 3.83. The maximum Gasteiger partial charge on any atom is 0.250 e. The Hall–Kier alpha value is -2.73. The van der Waals surface area contributed by atoms with Gasteiger partial charge in [0.2, 0.25) is 11.8 Å². The molecule has 2 heterocycles. The van der Waals surface area contributed by atoms with E-state index in [9.17, 15) is 9.59 Å². The zero-order valence-electron chi connectivity index (χ0n) is 16.6. The van der Waals surface area contributed by atoms with Gasteiger partial charge in [-0.15, -0.1) is 11.3 Å². The third-order valence-electron chi connectivity index (χ3n) is 5.34. The Balaban J connectivity index is 1.35. The summed E-state index contributed by atoms with van der Waals surface area (Å²) in [5.74, 6) is 0.0775. The van der Waals surface area contributed by atoms with Gasteiger partial charge in [0.25, 0.3) is 0 Å². The Morgan fingerprint density at radius 2 is 1.93 bits per heavy atom. The minimum Gasteiger partial charge on any atom is -0.339 e. The van der Waals surface area contributed by atoms with E-state index in [1.165, 1.54) is 16.9 Å². The summed E-state index contributed by atoms with van der Waals surface area (Å²) in [4.78, 5) is 31.4. The zero-order valence-corrected chi connectivity index (χ0v) is 17.4. The van der Waals surface area contributed by atoms with Gasteiger partial charge in [0.05, 0.1) is 12.1 Å². The van der Waals surface area contributed by atoms with Crippen LogP contribution in [0.25, 0.3) is 5.57 Å². The number of benzene rings is 1. The molecule has 2 aromatic rings. The molecule has 1 saturated heterocycles. The number of nitrogens with one attached hydrogen (secondary N) is 1. The predicted octanol–water partition coefficient (Wildman–Crippen LogP) is 4.22. The van der Waals surface area contributed by atoms with Crippen LogP contribution in [0.2, 0.25) is 0 Å². The van der Waals surface area contributed by atoms with Crippen molar-refractivity contribution in [1.29, 1.82) is 0 Å². The number of carbonyl (C=O) groups is 2. The number of likely N-dealkylation sites (tertiary alicyclic amines) is 1. The Labute approximate surface area is 175 Å². The molecule has 0 radical (unpaired) electrons. The van der Waals surface area contributed by atoms with E-state index in [0.717, 1.165) is 59.9 Å². The second-order valence-electron chi connectivity index (χ2n) is 7.43. The van der Waals surface area contributed by atoms with Crippen molar-refractivity contribution in [2.75, 3.05) is 18.4 Å². The average Bonchev–Trinajstić information content (AvgIpc) is 3.49. The van der Waals surface area contributed by atoms with Gasteiger partial charge in [0.1, 0.15) is 5.01 Å². The molecule has 0 saturated carbocycles. The molecule has 6 heteroatoms. The SMILES string of the molecule is CCc1ccc(NC(=O)Cc2nc(C3=CCC(C(=O)N4CCCC4)=C3)cs2)cc1. The van der Waals surface area contributed by atoms with Crippen LogP contribution in [0.15, 0.2) is 47.4 Å². The van der Waals surface area contributed by atoms with E-state index in [4.69, 9.17) is 0 Å². The molecular weight excluding hydrogens is 382 g/mol. The molecule has 0 atom stereocenters. The number of aryl methyl sites for hydroxylation is 1. The number of aromatic nitrogens is 1. The number of anilines is 1. The van der Waals surface area contributed by atoms with Crippen LogP contribution in [0, 0.1) is 0 Å². The minimum atomic E-state index is -0.0732. The van der Waals surface area contributed by atoms with E-state index in [2.05, 4.69) is 23.3 Å². The van der Waals surface area contributed by atoms with Crippen molar-refractivity contribution in [2.24, 2.45) is 0 Å². The highest BCUT2D eigenvalue weighted by atomic mass is 32.1. The van der Waals surface area contributed by atoms with E-state index in [1.807, 2.05) is 40.6 Å². The fourth-order valence-electron chi connectivity index (χ4n) is 3.67. The van der Waals surface area contributed by atoms with E-state index in [1.54, 1.807) is 0 Å². The van der Waals surface area contributed by atoms with Crippen molar-refractivity contribution in [3.05, 3.63) is 63.6 Å². The lowest BCUT2D eigenvalue weighted by molar-refractivity contribution is -0.126. The zero-order chi connectivity index (χ0) is 20.2. The molecular formula is C23H25N3O2S. The van der Waals surface area contributed by atoms with Crippen molar-refractivity contribution < 1.29 is 9.59 Å². The van der Waals surface area contributed by atoms with Gasteiger partial charge in [0, 0.05) is 29.7 Å². The second-order valence-corrected chi connectivity index (χ2v) is 8.38. The van der Waals surface area contributed by atoms with Crippen LogP contribution in [-0.2, 0) is 22.4 Å². The molecule has 1 N–H and O–H groups in total. The highest BCUT2D eigenvalue weighted by Crippen LogP contribution is 2.29. The molecule has 2 amide bonds. The van der Waals surface area contributed by atoms with Crippen molar-refractivity contribution >= 4 is 34.4 Å². The largest absolute Gasteiger partial charge is 0.339 e. The standard InChI is InChI=1S/C23H25N3O2S/c1-2-16-5-9-19(10-6-16)24-21(27)14-22-25-20(15-29-22)17-7-8-18(13-17)23(28)26-11-3-4-12-26/h5-7,9-10,13,15H,2-4,8,11-12,14H2,1H3,(H,24,27). The molecule has 1 fully saturated rings. The van der Waals surface area contributed by atoms with Gasteiger partial charge in [-0.1, -0.05) is 25.1 Å². The second kappa shape index (κ2) is 8.74. The number of amides is 2. The number of allylic oxidation sites excluding steroid dienone is 3. The number of thiazole rings is 1. The summed E-state index contributed by atoms with van der Waals surface area (Å²) >= 11 is 1.48. The maximum atomic E-state index is 12.5. The maximum absolute atomic E-state index is 12.5. The van der Waals surface area contributed by atoms with Crippen LogP contribution < -0.4 is 5.32 Å². The summed E-state index contributed by atoms with van der Waals surface area (Å²) in [6, 6.07) is 7.90. The van der Waals surface area contributed by atoms with Gasteiger partial charge < -0.3 is 10.2 Å². The summed E-state index contributed by atoms with van der Waals surface area (Å²) in [7, 11) is 0. The number of carbonyl (C=O) groups excluding carboxylic acids is 2. The van der Waals surface area contributed by atoms with Crippen LogP contribution >= 0.6 is 11.3 Å². The molecule has 0 spiro atoms. The van der Waals surface area contributed by atoms with Gasteiger partial charge in [-0.05, 0) is 55.0 Å². The highest BCUT2D eigenvalue weighted by Gasteiger charge is 2.24. The summed E-state index contributed by atoms with van der Waals surface area (Å²) in [5, 5.41) is 5.66. The summed E-state index contributed by atoms with van der Waals surface area (Å²) in [6.07, 6.45) is 8.08. The minimum absolute atomic E-state index is 0.0732. The van der Waals surface area contributed by atoms with Crippen LogP contribution in [0.5, 0.6) is 0 Å². The summed E-state index contributed by atoms with van der Waals surface area (Å²) in [5.41, 5.74) is 4.70. The molecule has 1 aliphatic carbocycles. The molecule has 0 bridgehead atoms. The Kier molecular flexibility index (Phi) is 5.90. The number of hydrogen-bond donors (Lipinski definition) is 1. The third-order valence-corrected chi connectivity index (χ3v) is 6.19. The van der Waals surface area contributed by atoms with E-state index < -0.39 is 0 Å². The lowest BCUT2D eigenvalue weighted by Crippen LogP contribution is -2.28. The fraction of sp³-hybridized carbons (Fsp3) is 0.348. The first-order valence-corrected chi connectivity index (χ1v) is 11.0. The molecule has 2 aliphatic rings. The Morgan fingerprint density at radius 1 is 1.17 bits per heavy atom. The highest BCUT2D eigenvalue weighted by molar-refractivity contribution is 7.09. The van der Waals surface area contributed by atoms with Crippen molar-refractivity contribution in [3.8, 4) is 0 Å². The summed E-state index contributed by atoms with van der Waals surface area (Å²) < 4.78 is 0. The van der Waals surface area contributed by atoms with Gasteiger partial charge in [-0.3, -0.25) is 9.59 Å². The molecule has 4 rings (SSSR count). The molecule has 5 nitrogen and oxygen atoms in total. The van der Waals surface area contributed by atoms with Gasteiger partial charge in [-0.25, -0.2) is 4.98 Å². The molecule has 150 valence electrons. The normalized spacial score (nSPS) is 16.0. The predicted molar refractivity (Wildman–Crippen MR) is 117 cm³/mol. The molecule has 29 heavy (non-hydrogen) atoms. The van der Waals surface area contributed by atoms with Gasteiger partial charge >= 0.3 is 0 Å². The first-order valence-electron chi connectivity index (χ1n) is 10.2. The van der Waals surface area contributed by atoms with E-state index in [-0.39, 0.29) is 18.2 Å². The molecule has 0 unspecified atom stereocenters. The fourth-order valence-corrected chi connectivity index (χ4v) is 4.47. The van der Waals surface area contributed by atoms with Gasteiger partial charge in [0.15, 0.2) is 0 Å². The lowest BCUT2D eigenvalue weighted by atomic mass is 10.1. The lowest BCUT2D eigenvalue weighted by Gasteiger charge is -2.15. The van der Waals surface area contributed by atoms with Crippen molar-refractivity contribution in [1.82, 2.24) is 9.88 Å². The van der Waals surface area contributed by atoms with Crippen molar-refractivity contribution in [3.63, 3.8) is 0 Å². The van der Waals surface area contributed by atoms with Gasteiger partial charge in [-0.2, -0.15) is 0 Å². The molecule has 1 aromatic carbocycles. The Morgan fingerprint density at radius 3 is 2.66 bits per heavy atom. The smallest absolute Gasteiger partial charge is 0.250 e. The van der Waals surface area contributed by atoms with Crippen LogP contribution in [0.4, 0.5) is 5.69 Å². The van der Waals surface area contributed by atoms with E-state index >= 15 is 0 Å². The number of hydrogen-bond acceptors (Lipinski definition) is 4. The first kappa shape index (κ1) is 19.6. The van der Waals surface area contributed by atoms with Crippen LogP contribution in [0.1, 0.15) is 42.5 Å². The van der Waals surface area contributed by atoms with E-state index in [0.29, 0.717) is 6.42 Å². The topological polar surface area (TPSA) is 62.3 Å². The Bertz CT molecular complexity index is 966. The monoisotopic (exact) mass is 407 g/mol. The first-order chi connectivity index (χ1) is 14.1. The van der Waals surface area contributed by atoms with Crippen LogP contribution in [-0.4, -0.2) is 34.8 Å². The quantitative estimate of drug-likeness (QED) is 0.780. The third kappa shape index (κ3) is 4.65. The molecule has 1 aromatic heterocycles. The van der Waals surface area contributed by atoms with Crippen molar-refractivity contribution in [2.45, 2.75) is 39.0 Å². The number of nitrogens with zero attached hydrogens (tertiary/aromatic N) is 2. The number of rotatable bonds is 6.